The van der Waals surface area contributed by atoms with Gasteiger partial charge in [0.2, 0.25) is 0 Å². The molecule has 0 saturated carbocycles. The summed E-state index contributed by atoms with van der Waals surface area (Å²) in [5.41, 5.74) is 0.499. The standard InChI is InChI=1S/C15H23ClN2O4/c1-4-7-22-14-6-5-11(16)8-13(14)17-15(20)18(2)9-12(19)10-21-3/h5-6,8,12,19H,4,7,9-10H2,1-3H3,(H,17,20)/t12-/m1/s1. The Balaban J connectivity index is 2.71. The van der Waals surface area contributed by atoms with Crippen LogP contribution in [0.1, 0.15) is 13.3 Å². The first-order valence-electron chi connectivity index (χ1n) is 7.09. The zero-order valence-corrected chi connectivity index (χ0v) is 13.9. The number of nitrogens with one attached hydrogen (secondary N) is 1. The summed E-state index contributed by atoms with van der Waals surface area (Å²) in [5, 5.41) is 12.9. The number of benzene rings is 1. The molecule has 0 aliphatic heterocycles. The quantitative estimate of drug-likeness (QED) is 0.768. The third-order valence-electron chi connectivity index (χ3n) is 2.84. The number of carbonyl (C=O) groups is 1. The number of methoxy groups -OCH3 is 1. The fourth-order valence-electron chi connectivity index (χ4n) is 1.79. The highest BCUT2D eigenvalue weighted by atomic mass is 35.5. The highest BCUT2D eigenvalue weighted by Gasteiger charge is 2.15. The molecule has 0 unspecified atom stereocenters. The zero-order valence-electron chi connectivity index (χ0n) is 13.1. The number of rotatable bonds is 8. The van der Waals surface area contributed by atoms with Crippen molar-refractivity contribution in [3.63, 3.8) is 0 Å². The molecular formula is C15H23ClN2O4. The first kappa shape index (κ1) is 18.5. The van der Waals surface area contributed by atoms with Gasteiger partial charge in [0.25, 0.3) is 0 Å². The number of aliphatic hydroxyl groups excluding tert-OH is 1. The first-order valence-corrected chi connectivity index (χ1v) is 7.47. The molecule has 2 N–H and O–H groups in total. The highest BCUT2D eigenvalue weighted by molar-refractivity contribution is 6.31. The summed E-state index contributed by atoms with van der Waals surface area (Å²) in [7, 11) is 3.08. The molecule has 1 rings (SSSR count). The smallest absolute Gasteiger partial charge is 0.321 e. The number of carbonyl (C=O) groups excluding carboxylic acids is 1. The predicted molar refractivity (Wildman–Crippen MR) is 86.8 cm³/mol. The molecule has 1 aromatic carbocycles. The molecule has 0 radical (unpaired) electrons. The summed E-state index contributed by atoms with van der Waals surface area (Å²) in [6, 6.07) is 4.68. The van der Waals surface area contributed by atoms with Crippen molar-refractivity contribution < 1.29 is 19.4 Å². The van der Waals surface area contributed by atoms with E-state index < -0.39 is 6.10 Å². The second-order valence-corrected chi connectivity index (χ2v) is 5.35. The van der Waals surface area contributed by atoms with Crippen molar-refractivity contribution in [2.75, 3.05) is 39.2 Å². The molecule has 0 aliphatic carbocycles. The average molecular weight is 331 g/mol. The van der Waals surface area contributed by atoms with Gasteiger partial charge in [-0.2, -0.15) is 0 Å². The van der Waals surface area contributed by atoms with Crippen LogP contribution in [0, 0.1) is 0 Å². The van der Waals surface area contributed by atoms with Crippen LogP contribution in [0.3, 0.4) is 0 Å². The van der Waals surface area contributed by atoms with Crippen molar-refractivity contribution in [3.05, 3.63) is 23.2 Å². The largest absolute Gasteiger partial charge is 0.491 e. The number of anilines is 1. The van der Waals surface area contributed by atoms with Crippen molar-refractivity contribution >= 4 is 23.3 Å². The van der Waals surface area contributed by atoms with E-state index in [0.29, 0.717) is 23.1 Å². The van der Waals surface area contributed by atoms with Gasteiger partial charge in [0.15, 0.2) is 0 Å². The lowest BCUT2D eigenvalue weighted by atomic mass is 10.3. The number of amides is 2. The third-order valence-corrected chi connectivity index (χ3v) is 3.07. The van der Waals surface area contributed by atoms with Gasteiger partial charge < -0.3 is 24.8 Å². The molecular weight excluding hydrogens is 308 g/mol. The number of aliphatic hydroxyl groups is 1. The van der Waals surface area contributed by atoms with Gasteiger partial charge in [-0.05, 0) is 24.6 Å². The van der Waals surface area contributed by atoms with E-state index in [1.807, 2.05) is 6.92 Å². The summed E-state index contributed by atoms with van der Waals surface area (Å²) in [6.45, 7) is 2.87. The molecule has 2 amide bonds. The summed E-state index contributed by atoms with van der Waals surface area (Å²) in [6.07, 6.45) is 0.120. The predicted octanol–water partition coefficient (Wildman–Crippen LogP) is 2.60. The van der Waals surface area contributed by atoms with Crippen LogP contribution < -0.4 is 10.1 Å². The fraction of sp³-hybridized carbons (Fsp3) is 0.533. The fourth-order valence-corrected chi connectivity index (χ4v) is 1.96. The second kappa shape index (κ2) is 9.50. The Kier molecular flexibility index (Phi) is 8.01. The van der Waals surface area contributed by atoms with E-state index >= 15 is 0 Å². The Labute approximate surface area is 136 Å². The van der Waals surface area contributed by atoms with Crippen LogP contribution in [0.15, 0.2) is 18.2 Å². The van der Waals surface area contributed by atoms with Crippen molar-refractivity contribution in [1.82, 2.24) is 4.90 Å². The lowest BCUT2D eigenvalue weighted by molar-refractivity contribution is 0.0501. The Morgan fingerprint density at radius 1 is 1.50 bits per heavy atom. The van der Waals surface area contributed by atoms with E-state index in [0.717, 1.165) is 6.42 Å². The number of nitrogens with zero attached hydrogens (tertiary/aromatic N) is 1. The van der Waals surface area contributed by atoms with E-state index in [4.69, 9.17) is 21.1 Å². The van der Waals surface area contributed by atoms with Gasteiger partial charge in [0.05, 0.1) is 31.5 Å². The summed E-state index contributed by atoms with van der Waals surface area (Å²) in [4.78, 5) is 13.5. The molecule has 7 heteroatoms. The molecule has 0 fully saturated rings. The minimum atomic E-state index is -0.740. The Morgan fingerprint density at radius 2 is 2.23 bits per heavy atom. The van der Waals surface area contributed by atoms with E-state index in [1.165, 1.54) is 12.0 Å². The molecule has 1 aromatic rings. The maximum absolute atomic E-state index is 12.2. The second-order valence-electron chi connectivity index (χ2n) is 4.91. The van der Waals surface area contributed by atoms with E-state index in [2.05, 4.69) is 5.32 Å². The topological polar surface area (TPSA) is 71.0 Å². The van der Waals surface area contributed by atoms with Crippen molar-refractivity contribution in [1.29, 1.82) is 0 Å². The molecule has 0 aromatic heterocycles. The van der Waals surface area contributed by atoms with Gasteiger partial charge in [-0.1, -0.05) is 18.5 Å². The van der Waals surface area contributed by atoms with Crippen LogP contribution in [-0.4, -0.2) is 56.1 Å². The molecule has 22 heavy (non-hydrogen) atoms. The van der Waals surface area contributed by atoms with E-state index in [-0.39, 0.29) is 19.2 Å². The molecule has 0 heterocycles. The van der Waals surface area contributed by atoms with Crippen LogP contribution in [-0.2, 0) is 4.74 Å². The molecule has 1 atom stereocenters. The number of halogens is 1. The monoisotopic (exact) mass is 330 g/mol. The summed E-state index contributed by atoms with van der Waals surface area (Å²) < 4.78 is 10.4. The number of ether oxygens (including phenoxy) is 2. The van der Waals surface area contributed by atoms with Crippen molar-refractivity contribution in [2.45, 2.75) is 19.4 Å². The Hall–Kier alpha value is -1.50. The highest BCUT2D eigenvalue weighted by Crippen LogP contribution is 2.28. The van der Waals surface area contributed by atoms with Crippen LogP contribution in [0.25, 0.3) is 0 Å². The number of hydrogen-bond donors (Lipinski definition) is 2. The molecule has 0 saturated heterocycles. The van der Waals surface area contributed by atoms with E-state index in [1.54, 1.807) is 25.2 Å². The van der Waals surface area contributed by atoms with Gasteiger partial charge in [-0.3, -0.25) is 0 Å². The first-order chi connectivity index (χ1) is 10.5. The van der Waals surface area contributed by atoms with Gasteiger partial charge in [0.1, 0.15) is 5.75 Å². The molecule has 0 aliphatic rings. The SMILES string of the molecule is CCCOc1ccc(Cl)cc1NC(=O)N(C)C[C@@H](O)COC. The van der Waals surface area contributed by atoms with Crippen LogP contribution in [0.2, 0.25) is 5.02 Å². The minimum absolute atomic E-state index is 0.158. The molecule has 0 bridgehead atoms. The lowest BCUT2D eigenvalue weighted by Gasteiger charge is -2.22. The number of urea groups is 1. The Morgan fingerprint density at radius 3 is 2.86 bits per heavy atom. The maximum Gasteiger partial charge on any atom is 0.321 e. The van der Waals surface area contributed by atoms with Gasteiger partial charge in [0, 0.05) is 19.2 Å². The summed E-state index contributed by atoms with van der Waals surface area (Å²) >= 11 is 5.96. The number of likely N-dealkylation sites (N-methyl/N-ethyl adjacent to an activating group) is 1. The average Bonchev–Trinajstić information content (AvgIpc) is 2.46. The van der Waals surface area contributed by atoms with Crippen molar-refractivity contribution in [2.24, 2.45) is 0 Å². The van der Waals surface area contributed by atoms with Crippen molar-refractivity contribution in [3.8, 4) is 5.75 Å². The number of hydrogen-bond acceptors (Lipinski definition) is 4. The summed E-state index contributed by atoms with van der Waals surface area (Å²) in [5.74, 6) is 0.561. The van der Waals surface area contributed by atoms with Crippen LogP contribution >= 0.6 is 11.6 Å². The zero-order chi connectivity index (χ0) is 16.5. The maximum atomic E-state index is 12.2. The Bertz CT molecular complexity index is 485. The van der Waals surface area contributed by atoms with Crippen LogP contribution in [0.4, 0.5) is 10.5 Å². The van der Waals surface area contributed by atoms with E-state index in [9.17, 15) is 9.90 Å². The van der Waals surface area contributed by atoms with Gasteiger partial charge >= 0.3 is 6.03 Å². The lowest BCUT2D eigenvalue weighted by Crippen LogP contribution is -2.38. The van der Waals surface area contributed by atoms with Gasteiger partial charge in [-0.25, -0.2) is 4.79 Å². The van der Waals surface area contributed by atoms with Gasteiger partial charge in [-0.15, -0.1) is 0 Å². The molecule has 0 spiro atoms. The third kappa shape index (κ3) is 6.09. The molecule has 6 nitrogen and oxygen atoms in total. The normalized spacial score (nSPS) is 11.9. The minimum Gasteiger partial charge on any atom is -0.491 e. The molecule has 124 valence electrons. The van der Waals surface area contributed by atoms with Crippen LogP contribution in [0.5, 0.6) is 5.75 Å².